The number of alkyl halides is 3. The van der Waals surface area contributed by atoms with E-state index in [1.165, 1.54) is 0 Å². The van der Waals surface area contributed by atoms with Crippen molar-refractivity contribution in [1.29, 1.82) is 0 Å². The lowest BCUT2D eigenvalue weighted by atomic mass is 10.2. The number of rotatable bonds is 5. The summed E-state index contributed by atoms with van der Waals surface area (Å²) in [5.74, 6) is -0.0248. The summed E-state index contributed by atoms with van der Waals surface area (Å²) >= 11 is 16.0. The predicted molar refractivity (Wildman–Crippen MR) is 69.6 cm³/mol. The molecule has 0 amide bonds. The van der Waals surface area contributed by atoms with Crippen LogP contribution < -0.4 is 10.5 Å². The van der Waals surface area contributed by atoms with Crippen LogP contribution in [0.2, 0.25) is 0 Å². The SMILES string of the molecule is CC(C)CN=C(N)NS(=O)(=O)OCC(Cl)(Cl)Cl. The highest BCUT2D eigenvalue weighted by atomic mass is 35.6. The Morgan fingerprint density at radius 1 is 1.47 bits per heavy atom. The molecule has 0 radical (unpaired) electrons. The summed E-state index contributed by atoms with van der Waals surface area (Å²) in [6.45, 7) is 3.58. The Morgan fingerprint density at radius 3 is 2.41 bits per heavy atom. The van der Waals surface area contributed by atoms with E-state index >= 15 is 0 Å². The number of nitrogens with one attached hydrogen (secondary N) is 1. The van der Waals surface area contributed by atoms with Gasteiger partial charge in [0.05, 0.1) is 0 Å². The number of hydrogen-bond acceptors (Lipinski definition) is 4. The van der Waals surface area contributed by atoms with Gasteiger partial charge in [-0.2, -0.15) is 8.42 Å². The molecule has 0 fully saturated rings. The normalized spacial score (nSPS) is 14.1. The number of nitrogens with two attached hydrogens (primary N) is 1. The standard InChI is InChI=1S/C7H14Cl3N3O3S/c1-5(2)3-12-6(11)13-17(14,15)16-4-7(8,9)10/h5H,3-4H2,1-2H3,(H3,11,12,13). The molecule has 0 aliphatic rings. The summed E-state index contributed by atoms with van der Waals surface area (Å²) < 4.78 is 27.0. The molecule has 17 heavy (non-hydrogen) atoms. The number of halogens is 3. The summed E-state index contributed by atoms with van der Waals surface area (Å²) in [7, 11) is -4.12. The average molecular weight is 327 g/mol. The van der Waals surface area contributed by atoms with Crippen LogP contribution in [0.25, 0.3) is 0 Å². The second-order valence-electron chi connectivity index (χ2n) is 3.55. The molecule has 10 heteroatoms. The Kier molecular flexibility index (Phi) is 6.86. The van der Waals surface area contributed by atoms with E-state index in [-0.39, 0.29) is 11.9 Å². The van der Waals surface area contributed by atoms with Crippen LogP contribution >= 0.6 is 34.8 Å². The van der Waals surface area contributed by atoms with Crippen molar-refractivity contribution in [3.8, 4) is 0 Å². The average Bonchev–Trinajstić information content (AvgIpc) is 2.10. The van der Waals surface area contributed by atoms with Crippen LogP contribution in [0.1, 0.15) is 13.8 Å². The van der Waals surface area contributed by atoms with Gasteiger partial charge in [-0.1, -0.05) is 48.7 Å². The first-order chi connectivity index (χ1) is 7.52. The maximum absolute atomic E-state index is 11.3. The van der Waals surface area contributed by atoms with E-state index in [1.807, 2.05) is 18.6 Å². The summed E-state index contributed by atoms with van der Waals surface area (Å²) in [5, 5.41) is 0. The van der Waals surface area contributed by atoms with Gasteiger partial charge >= 0.3 is 10.3 Å². The lowest BCUT2D eigenvalue weighted by Gasteiger charge is -2.12. The highest BCUT2D eigenvalue weighted by molar-refractivity contribution is 7.85. The molecular formula is C7H14Cl3N3O3S. The molecule has 3 N–H and O–H groups in total. The Balaban J connectivity index is 4.31. The number of guanidine groups is 1. The molecule has 0 aliphatic carbocycles. The minimum Gasteiger partial charge on any atom is -0.369 e. The zero-order valence-electron chi connectivity index (χ0n) is 9.28. The first-order valence-corrected chi connectivity index (χ1v) is 7.10. The van der Waals surface area contributed by atoms with Crippen LogP contribution in [-0.4, -0.2) is 31.3 Å². The van der Waals surface area contributed by atoms with Gasteiger partial charge in [0, 0.05) is 6.54 Å². The fourth-order valence-electron chi connectivity index (χ4n) is 0.615. The van der Waals surface area contributed by atoms with Crippen LogP contribution in [0.15, 0.2) is 4.99 Å². The van der Waals surface area contributed by atoms with Crippen molar-refractivity contribution < 1.29 is 12.6 Å². The molecule has 0 rings (SSSR count). The van der Waals surface area contributed by atoms with E-state index in [2.05, 4.69) is 9.18 Å². The smallest absolute Gasteiger partial charge is 0.362 e. The van der Waals surface area contributed by atoms with Crippen LogP contribution in [0.3, 0.4) is 0 Å². The maximum atomic E-state index is 11.3. The molecule has 0 spiro atoms. The van der Waals surface area contributed by atoms with Gasteiger partial charge < -0.3 is 5.73 Å². The summed E-state index contributed by atoms with van der Waals surface area (Å²) in [4.78, 5) is 3.78. The number of hydrogen-bond donors (Lipinski definition) is 2. The second kappa shape index (κ2) is 6.84. The third-order valence-electron chi connectivity index (χ3n) is 1.23. The fourth-order valence-corrected chi connectivity index (χ4v) is 1.68. The fraction of sp³-hybridized carbons (Fsp3) is 0.857. The zero-order chi connectivity index (χ0) is 13.7. The van der Waals surface area contributed by atoms with Crippen molar-refractivity contribution in [2.24, 2.45) is 16.6 Å². The Morgan fingerprint density at radius 2 is 2.00 bits per heavy atom. The third kappa shape index (κ3) is 10.9. The van der Waals surface area contributed by atoms with Gasteiger partial charge in [-0.3, -0.25) is 4.99 Å². The van der Waals surface area contributed by atoms with E-state index < -0.39 is 20.7 Å². The van der Waals surface area contributed by atoms with Gasteiger partial charge in [-0.25, -0.2) is 8.91 Å². The van der Waals surface area contributed by atoms with E-state index in [1.54, 1.807) is 0 Å². The summed E-state index contributed by atoms with van der Waals surface area (Å²) in [6, 6.07) is 0. The molecule has 0 unspecified atom stereocenters. The molecule has 102 valence electrons. The van der Waals surface area contributed by atoms with Crippen molar-refractivity contribution >= 4 is 51.1 Å². The Labute approximate surface area is 116 Å². The molecule has 0 saturated carbocycles. The van der Waals surface area contributed by atoms with E-state index in [0.29, 0.717) is 6.54 Å². The predicted octanol–water partition coefficient (Wildman–Crippen LogP) is 1.18. The minimum absolute atomic E-state index is 0.250. The summed E-state index contributed by atoms with van der Waals surface area (Å²) in [5.41, 5.74) is 5.33. The minimum atomic E-state index is -4.12. The second-order valence-corrected chi connectivity index (χ2v) is 7.42. The van der Waals surface area contributed by atoms with Gasteiger partial charge in [-0.05, 0) is 5.92 Å². The highest BCUT2D eigenvalue weighted by Gasteiger charge is 2.24. The quantitative estimate of drug-likeness (QED) is 0.450. The maximum Gasteiger partial charge on any atom is 0.362 e. The molecule has 0 aromatic rings. The van der Waals surface area contributed by atoms with Crippen LogP contribution in [0, 0.1) is 5.92 Å². The topological polar surface area (TPSA) is 93.8 Å². The molecule has 6 nitrogen and oxygen atoms in total. The van der Waals surface area contributed by atoms with E-state index in [4.69, 9.17) is 40.5 Å². The Hall–Kier alpha value is 0.0500. The number of aliphatic imine (C=N–C) groups is 1. The third-order valence-corrected chi connectivity index (χ3v) is 2.45. The Bertz CT molecular complexity index is 364. The van der Waals surface area contributed by atoms with Crippen LogP contribution in [0.5, 0.6) is 0 Å². The van der Waals surface area contributed by atoms with Crippen molar-refractivity contribution in [2.75, 3.05) is 13.2 Å². The molecule has 0 saturated heterocycles. The monoisotopic (exact) mass is 325 g/mol. The molecule has 0 aromatic carbocycles. The van der Waals surface area contributed by atoms with Crippen LogP contribution in [0.4, 0.5) is 0 Å². The van der Waals surface area contributed by atoms with Crippen molar-refractivity contribution in [2.45, 2.75) is 17.6 Å². The molecule has 0 aromatic heterocycles. The number of nitrogens with zero attached hydrogens (tertiary/aromatic N) is 1. The van der Waals surface area contributed by atoms with Gasteiger partial charge in [0.1, 0.15) is 6.61 Å². The van der Waals surface area contributed by atoms with Gasteiger partial charge in [0.2, 0.25) is 9.75 Å². The van der Waals surface area contributed by atoms with Crippen molar-refractivity contribution in [3.05, 3.63) is 0 Å². The van der Waals surface area contributed by atoms with Crippen LogP contribution in [-0.2, 0) is 14.5 Å². The molecule has 0 aliphatic heterocycles. The lowest BCUT2D eigenvalue weighted by Crippen LogP contribution is -2.39. The molecular weight excluding hydrogens is 313 g/mol. The molecule has 0 bridgehead atoms. The zero-order valence-corrected chi connectivity index (χ0v) is 12.4. The highest BCUT2D eigenvalue weighted by Crippen LogP contribution is 2.26. The largest absolute Gasteiger partial charge is 0.369 e. The lowest BCUT2D eigenvalue weighted by molar-refractivity contribution is 0.322. The van der Waals surface area contributed by atoms with Gasteiger partial charge in [0.25, 0.3) is 0 Å². The van der Waals surface area contributed by atoms with Gasteiger partial charge in [-0.15, -0.1) is 0 Å². The molecule has 0 atom stereocenters. The first kappa shape index (κ1) is 17.1. The van der Waals surface area contributed by atoms with E-state index in [9.17, 15) is 8.42 Å². The molecule has 0 heterocycles. The van der Waals surface area contributed by atoms with E-state index in [0.717, 1.165) is 0 Å². The van der Waals surface area contributed by atoms with Crippen molar-refractivity contribution in [1.82, 2.24) is 4.72 Å². The van der Waals surface area contributed by atoms with Crippen molar-refractivity contribution in [3.63, 3.8) is 0 Å². The first-order valence-electron chi connectivity index (χ1n) is 4.55. The van der Waals surface area contributed by atoms with Gasteiger partial charge in [0.15, 0.2) is 0 Å². The summed E-state index contributed by atoms with van der Waals surface area (Å²) in [6.07, 6.45) is 0.